The van der Waals surface area contributed by atoms with Crippen molar-refractivity contribution in [1.29, 1.82) is 0 Å². The summed E-state index contributed by atoms with van der Waals surface area (Å²) in [5, 5.41) is 7.44. The first-order chi connectivity index (χ1) is 12.6. The average molecular weight is 413 g/mol. The van der Waals surface area contributed by atoms with E-state index in [1.807, 2.05) is 44.2 Å². The Bertz CT molecular complexity index is 875. The zero-order chi connectivity index (χ0) is 18.5. The Labute approximate surface area is 161 Å². The first-order valence-electron chi connectivity index (χ1n) is 8.62. The van der Waals surface area contributed by atoms with Gasteiger partial charge in [-0.2, -0.15) is 5.10 Å². The summed E-state index contributed by atoms with van der Waals surface area (Å²) < 4.78 is 2.78. The molecular weight excluding hydrogens is 392 g/mol. The smallest absolute Gasteiger partial charge is 0.254 e. The van der Waals surface area contributed by atoms with Crippen LogP contribution in [0.3, 0.4) is 0 Å². The summed E-state index contributed by atoms with van der Waals surface area (Å²) >= 11 is 3.44. The van der Waals surface area contributed by atoms with Crippen LogP contribution >= 0.6 is 15.9 Å². The zero-order valence-corrected chi connectivity index (χ0v) is 16.4. The summed E-state index contributed by atoms with van der Waals surface area (Å²) in [4.78, 5) is 17.1. The predicted molar refractivity (Wildman–Crippen MR) is 106 cm³/mol. The molecule has 6 heteroatoms. The van der Waals surface area contributed by atoms with E-state index in [1.165, 1.54) is 5.56 Å². The van der Waals surface area contributed by atoms with Crippen LogP contribution in [0.1, 0.15) is 35.5 Å². The SMILES string of the molecule is CCc1c(C(=O)NC(C)Cc2ccc(Br)cc2)cnn1-c1ccccn1. The second-order valence-corrected chi connectivity index (χ2v) is 7.08. The molecule has 1 aromatic carbocycles. The number of carbonyl (C=O) groups is 1. The van der Waals surface area contributed by atoms with E-state index >= 15 is 0 Å². The van der Waals surface area contributed by atoms with Crippen LogP contribution < -0.4 is 5.32 Å². The zero-order valence-electron chi connectivity index (χ0n) is 14.8. The van der Waals surface area contributed by atoms with Gasteiger partial charge in [0.1, 0.15) is 0 Å². The lowest BCUT2D eigenvalue weighted by Gasteiger charge is -2.14. The predicted octanol–water partition coefficient (Wildman–Crippen LogP) is 3.95. The molecule has 3 aromatic rings. The second-order valence-electron chi connectivity index (χ2n) is 6.16. The summed E-state index contributed by atoms with van der Waals surface area (Å²) in [6.45, 7) is 4.02. The second kappa shape index (κ2) is 8.27. The minimum absolute atomic E-state index is 0.0200. The molecule has 0 aliphatic heterocycles. The molecule has 0 fully saturated rings. The Kier molecular flexibility index (Phi) is 5.83. The Hall–Kier alpha value is -2.47. The molecule has 1 amide bonds. The van der Waals surface area contributed by atoms with E-state index in [4.69, 9.17) is 0 Å². The molecule has 0 radical (unpaired) electrons. The van der Waals surface area contributed by atoms with E-state index in [1.54, 1.807) is 17.1 Å². The number of amides is 1. The van der Waals surface area contributed by atoms with Crippen molar-refractivity contribution in [3.05, 3.63) is 76.2 Å². The summed E-state index contributed by atoms with van der Waals surface area (Å²) in [6, 6.07) is 13.8. The molecule has 0 saturated heterocycles. The molecule has 0 aliphatic rings. The van der Waals surface area contributed by atoms with Crippen LogP contribution in [0.2, 0.25) is 0 Å². The molecule has 1 atom stereocenters. The highest BCUT2D eigenvalue weighted by Crippen LogP contribution is 2.15. The molecule has 1 unspecified atom stereocenters. The highest BCUT2D eigenvalue weighted by Gasteiger charge is 2.19. The van der Waals surface area contributed by atoms with Crippen molar-refractivity contribution in [2.75, 3.05) is 0 Å². The fourth-order valence-corrected chi connectivity index (χ4v) is 3.17. The van der Waals surface area contributed by atoms with Crippen LogP contribution in [0, 0.1) is 0 Å². The van der Waals surface area contributed by atoms with Gasteiger partial charge in [0, 0.05) is 16.7 Å². The molecule has 0 bridgehead atoms. The van der Waals surface area contributed by atoms with E-state index in [2.05, 4.69) is 43.5 Å². The van der Waals surface area contributed by atoms with Gasteiger partial charge in [-0.15, -0.1) is 0 Å². The number of hydrogen-bond donors (Lipinski definition) is 1. The van der Waals surface area contributed by atoms with Gasteiger partial charge < -0.3 is 5.32 Å². The molecule has 0 aliphatic carbocycles. The first-order valence-corrected chi connectivity index (χ1v) is 9.41. The van der Waals surface area contributed by atoms with Crippen LogP contribution in [0.4, 0.5) is 0 Å². The molecule has 2 heterocycles. The van der Waals surface area contributed by atoms with Gasteiger partial charge in [0.2, 0.25) is 0 Å². The van der Waals surface area contributed by atoms with Crippen molar-refractivity contribution in [3.63, 3.8) is 0 Å². The molecule has 1 N–H and O–H groups in total. The van der Waals surface area contributed by atoms with Crippen LogP contribution in [0.15, 0.2) is 59.3 Å². The van der Waals surface area contributed by atoms with E-state index < -0.39 is 0 Å². The molecule has 5 nitrogen and oxygen atoms in total. The van der Waals surface area contributed by atoms with Crippen LogP contribution in [-0.4, -0.2) is 26.7 Å². The van der Waals surface area contributed by atoms with Gasteiger partial charge in [-0.3, -0.25) is 4.79 Å². The Morgan fingerprint density at radius 1 is 1.23 bits per heavy atom. The van der Waals surface area contributed by atoms with E-state index in [9.17, 15) is 4.79 Å². The maximum absolute atomic E-state index is 12.7. The third-order valence-corrected chi connectivity index (χ3v) is 4.68. The van der Waals surface area contributed by atoms with E-state index in [-0.39, 0.29) is 11.9 Å². The van der Waals surface area contributed by atoms with Gasteiger partial charge in [-0.05, 0) is 49.6 Å². The minimum atomic E-state index is -0.103. The van der Waals surface area contributed by atoms with Crippen molar-refractivity contribution >= 4 is 21.8 Å². The standard InChI is InChI=1S/C20H21BrN4O/c1-3-18-17(13-23-25(18)19-6-4-5-11-22-19)20(26)24-14(2)12-15-7-9-16(21)10-8-15/h4-11,13-14H,3,12H2,1-2H3,(H,24,26). The maximum atomic E-state index is 12.7. The van der Waals surface area contributed by atoms with Gasteiger partial charge in [0.25, 0.3) is 5.91 Å². The number of nitrogens with one attached hydrogen (secondary N) is 1. The Morgan fingerprint density at radius 3 is 2.65 bits per heavy atom. The molecule has 2 aromatic heterocycles. The molecule has 26 heavy (non-hydrogen) atoms. The molecule has 0 saturated carbocycles. The topological polar surface area (TPSA) is 59.8 Å². The van der Waals surface area contributed by atoms with Gasteiger partial charge in [0.05, 0.1) is 17.5 Å². The number of carbonyl (C=O) groups excluding carboxylic acids is 1. The van der Waals surface area contributed by atoms with Gasteiger partial charge >= 0.3 is 0 Å². The average Bonchev–Trinajstić information content (AvgIpc) is 3.08. The van der Waals surface area contributed by atoms with Crippen molar-refractivity contribution < 1.29 is 4.79 Å². The van der Waals surface area contributed by atoms with Crippen LogP contribution in [0.25, 0.3) is 5.82 Å². The normalized spacial score (nSPS) is 12.0. The number of nitrogens with zero attached hydrogens (tertiary/aromatic N) is 3. The lowest BCUT2D eigenvalue weighted by Crippen LogP contribution is -2.34. The first kappa shape index (κ1) is 18.3. The number of halogens is 1. The van der Waals surface area contributed by atoms with Crippen LogP contribution in [-0.2, 0) is 12.8 Å². The van der Waals surface area contributed by atoms with Crippen molar-refractivity contribution in [2.45, 2.75) is 32.7 Å². The lowest BCUT2D eigenvalue weighted by molar-refractivity contribution is 0.0939. The maximum Gasteiger partial charge on any atom is 0.254 e. The molecular formula is C20H21BrN4O. The monoisotopic (exact) mass is 412 g/mol. The number of aromatic nitrogens is 3. The number of pyridine rings is 1. The van der Waals surface area contributed by atoms with Crippen molar-refractivity contribution in [2.24, 2.45) is 0 Å². The molecule has 0 spiro atoms. The van der Waals surface area contributed by atoms with Crippen LogP contribution in [0.5, 0.6) is 0 Å². The van der Waals surface area contributed by atoms with Gasteiger partial charge in [-0.1, -0.05) is 41.1 Å². The summed E-state index contributed by atoms with van der Waals surface area (Å²) in [5.41, 5.74) is 2.64. The number of rotatable bonds is 6. The number of benzene rings is 1. The van der Waals surface area contributed by atoms with E-state index in [0.29, 0.717) is 17.8 Å². The third kappa shape index (κ3) is 4.19. The Morgan fingerprint density at radius 2 is 2.00 bits per heavy atom. The number of hydrogen-bond acceptors (Lipinski definition) is 3. The van der Waals surface area contributed by atoms with Gasteiger partial charge in [0.15, 0.2) is 5.82 Å². The van der Waals surface area contributed by atoms with Crippen molar-refractivity contribution in [1.82, 2.24) is 20.1 Å². The lowest BCUT2D eigenvalue weighted by atomic mass is 10.1. The highest BCUT2D eigenvalue weighted by atomic mass is 79.9. The minimum Gasteiger partial charge on any atom is -0.349 e. The summed E-state index contributed by atoms with van der Waals surface area (Å²) in [7, 11) is 0. The van der Waals surface area contributed by atoms with Gasteiger partial charge in [-0.25, -0.2) is 9.67 Å². The third-order valence-electron chi connectivity index (χ3n) is 4.15. The summed E-state index contributed by atoms with van der Waals surface area (Å²) in [6.07, 6.45) is 4.81. The quantitative estimate of drug-likeness (QED) is 0.666. The van der Waals surface area contributed by atoms with E-state index in [0.717, 1.165) is 16.6 Å². The Balaban J connectivity index is 1.73. The molecule has 3 rings (SSSR count). The fraction of sp³-hybridized carbons (Fsp3) is 0.250. The summed E-state index contributed by atoms with van der Waals surface area (Å²) in [5.74, 6) is 0.611. The molecule has 134 valence electrons. The largest absolute Gasteiger partial charge is 0.349 e. The fourth-order valence-electron chi connectivity index (χ4n) is 2.91. The van der Waals surface area contributed by atoms with Crippen molar-refractivity contribution in [3.8, 4) is 5.82 Å². The highest BCUT2D eigenvalue weighted by molar-refractivity contribution is 9.10.